The molecule has 3 heterocycles. The third-order valence-electron chi connectivity index (χ3n) is 10.4. The van der Waals surface area contributed by atoms with E-state index >= 15 is 0 Å². The van der Waals surface area contributed by atoms with E-state index in [0.717, 1.165) is 0 Å². The van der Waals surface area contributed by atoms with Crippen LogP contribution in [0.4, 0.5) is 0 Å². The Labute approximate surface area is 270 Å². The van der Waals surface area contributed by atoms with Crippen molar-refractivity contribution in [3.63, 3.8) is 0 Å². The summed E-state index contributed by atoms with van der Waals surface area (Å²) in [4.78, 5) is 41.2. The van der Waals surface area contributed by atoms with Crippen LogP contribution >= 0.6 is 0 Å². The highest BCUT2D eigenvalue weighted by Crippen LogP contribution is 2.45. The Hall–Kier alpha value is -1.83. The summed E-state index contributed by atoms with van der Waals surface area (Å²) in [5.74, 6) is -2.27. The molecule has 3 N–H and O–H groups in total. The van der Waals surface area contributed by atoms with Crippen molar-refractivity contribution in [1.82, 2.24) is 20.3 Å². The van der Waals surface area contributed by atoms with Gasteiger partial charge in [-0.1, -0.05) is 0 Å². The van der Waals surface area contributed by atoms with Crippen molar-refractivity contribution in [2.45, 2.75) is 136 Å². The van der Waals surface area contributed by atoms with Crippen molar-refractivity contribution < 1.29 is 39.0 Å². The van der Waals surface area contributed by atoms with E-state index in [1.807, 2.05) is 74.1 Å². The highest BCUT2D eigenvalue weighted by Gasteiger charge is 2.56. The lowest BCUT2D eigenvalue weighted by Gasteiger charge is -2.35. The molecule has 12 nitrogen and oxygen atoms in total. The SMILES string of the molecule is CC1(C)CC(C(=O)OCCN(CCOC(=O)C2CC(C)(C)N(O)C2(C)C)CCOC(=O)C2CC(C)(C)N(O)C2(C)C)C(C)(C)N1. The Morgan fingerprint density at radius 1 is 0.622 bits per heavy atom. The summed E-state index contributed by atoms with van der Waals surface area (Å²) in [7, 11) is 0. The molecule has 3 rings (SSSR count). The first-order chi connectivity index (χ1) is 20.3. The lowest BCUT2D eigenvalue weighted by Crippen LogP contribution is -2.48. The van der Waals surface area contributed by atoms with Crippen molar-refractivity contribution in [2.75, 3.05) is 39.5 Å². The number of hydroxylamine groups is 4. The number of nitrogens with zero attached hydrogens (tertiary/aromatic N) is 3. The topological polar surface area (TPSA) is 141 Å². The summed E-state index contributed by atoms with van der Waals surface area (Å²) in [6, 6.07) is 0. The second kappa shape index (κ2) is 13.0. The molecule has 0 aromatic rings. The van der Waals surface area contributed by atoms with E-state index in [0.29, 0.717) is 38.9 Å². The van der Waals surface area contributed by atoms with Gasteiger partial charge in [0.15, 0.2) is 0 Å². The van der Waals surface area contributed by atoms with Crippen LogP contribution in [0.1, 0.15) is 102 Å². The number of hydrogen-bond donors (Lipinski definition) is 3. The molecule has 0 amide bonds. The van der Waals surface area contributed by atoms with Gasteiger partial charge in [0.1, 0.15) is 19.8 Å². The monoisotopic (exact) mass is 640 g/mol. The fraction of sp³-hybridized carbons (Fsp3) is 0.909. The molecule has 12 heteroatoms. The van der Waals surface area contributed by atoms with Gasteiger partial charge in [0.25, 0.3) is 0 Å². The zero-order chi connectivity index (χ0) is 34.4. The highest BCUT2D eigenvalue weighted by atomic mass is 16.5. The third-order valence-corrected chi connectivity index (χ3v) is 10.4. The van der Waals surface area contributed by atoms with E-state index in [-0.39, 0.29) is 54.7 Å². The van der Waals surface area contributed by atoms with Crippen LogP contribution < -0.4 is 5.32 Å². The van der Waals surface area contributed by atoms with Crippen LogP contribution in [0, 0.1) is 17.8 Å². The van der Waals surface area contributed by atoms with E-state index in [9.17, 15) is 24.8 Å². The molecule has 0 aromatic carbocycles. The van der Waals surface area contributed by atoms with Crippen molar-refractivity contribution in [3.8, 4) is 0 Å². The Morgan fingerprint density at radius 3 is 1.22 bits per heavy atom. The average molecular weight is 641 g/mol. The molecule has 260 valence electrons. The first kappa shape index (κ1) is 37.6. The average Bonchev–Trinajstić information content (AvgIpc) is 3.31. The minimum atomic E-state index is -0.771. The van der Waals surface area contributed by atoms with Crippen molar-refractivity contribution in [3.05, 3.63) is 0 Å². The van der Waals surface area contributed by atoms with Gasteiger partial charge >= 0.3 is 17.9 Å². The summed E-state index contributed by atoms with van der Waals surface area (Å²) >= 11 is 0. The van der Waals surface area contributed by atoms with Crippen molar-refractivity contribution in [2.24, 2.45) is 17.8 Å². The van der Waals surface area contributed by atoms with E-state index < -0.39 is 34.0 Å². The molecule has 45 heavy (non-hydrogen) atoms. The molecule has 0 radical (unpaired) electrons. The number of esters is 3. The smallest absolute Gasteiger partial charge is 0.311 e. The van der Waals surface area contributed by atoms with E-state index in [1.165, 1.54) is 10.1 Å². The molecular formula is C33H60N4O8. The van der Waals surface area contributed by atoms with Crippen LogP contribution in [0.25, 0.3) is 0 Å². The first-order valence-electron chi connectivity index (χ1n) is 16.4. The van der Waals surface area contributed by atoms with Crippen LogP contribution in [0.2, 0.25) is 0 Å². The number of rotatable bonds is 12. The first-order valence-corrected chi connectivity index (χ1v) is 16.4. The third kappa shape index (κ3) is 8.19. The maximum atomic E-state index is 13.1. The lowest BCUT2D eigenvalue weighted by molar-refractivity contribution is -0.200. The van der Waals surface area contributed by atoms with Gasteiger partial charge in [-0.15, -0.1) is 0 Å². The Kier molecular flexibility index (Phi) is 10.9. The zero-order valence-corrected chi connectivity index (χ0v) is 29.8. The van der Waals surface area contributed by atoms with Crippen LogP contribution in [-0.2, 0) is 28.6 Å². The summed E-state index contributed by atoms with van der Waals surface area (Å²) in [6.45, 7) is 24.4. The molecule has 3 saturated heterocycles. The van der Waals surface area contributed by atoms with Crippen molar-refractivity contribution >= 4 is 17.9 Å². The molecule has 3 aliphatic rings. The van der Waals surface area contributed by atoms with Gasteiger partial charge in [-0.2, -0.15) is 10.1 Å². The van der Waals surface area contributed by atoms with Crippen LogP contribution in [0.15, 0.2) is 0 Å². The van der Waals surface area contributed by atoms with E-state index in [2.05, 4.69) is 19.2 Å². The number of carbonyl (C=O) groups is 3. The fourth-order valence-electron chi connectivity index (χ4n) is 7.89. The summed E-state index contributed by atoms with van der Waals surface area (Å²) in [5.41, 5.74) is -3.20. The van der Waals surface area contributed by atoms with E-state index in [4.69, 9.17) is 14.2 Å². The van der Waals surface area contributed by atoms with Gasteiger partial charge in [0, 0.05) is 41.8 Å². The number of ether oxygens (including phenoxy) is 3. The number of nitrogens with one attached hydrogen (secondary N) is 1. The van der Waals surface area contributed by atoms with Gasteiger partial charge in [0.2, 0.25) is 0 Å². The zero-order valence-electron chi connectivity index (χ0n) is 29.8. The summed E-state index contributed by atoms with van der Waals surface area (Å²) in [5, 5.41) is 27.2. The minimum Gasteiger partial charge on any atom is -0.464 e. The fourth-order valence-corrected chi connectivity index (χ4v) is 7.89. The standard InChI is InChI=1S/C33H60N4O8/c1-28(2)19-22(31(7,8)34-28)25(38)43-16-13-35(14-17-44-26(39)23-20-29(3,4)36(41)32(23,9)10)15-18-45-27(40)24-21-30(5,6)37(42)33(24,11)12/h22-24,34,41-42H,13-21H2,1-12H3. The normalized spacial score (nSPS) is 29.5. The summed E-state index contributed by atoms with van der Waals surface area (Å²) < 4.78 is 17.1. The van der Waals surface area contributed by atoms with Gasteiger partial charge in [0.05, 0.1) is 28.8 Å². The molecular weight excluding hydrogens is 580 g/mol. The molecule has 0 saturated carbocycles. The Balaban J connectivity index is 1.58. The second-order valence-electron chi connectivity index (χ2n) is 16.9. The predicted molar refractivity (Wildman–Crippen MR) is 168 cm³/mol. The number of carbonyl (C=O) groups excluding carboxylic acids is 3. The van der Waals surface area contributed by atoms with Gasteiger partial charge in [-0.3, -0.25) is 19.3 Å². The maximum Gasteiger partial charge on any atom is 0.311 e. The minimum absolute atomic E-state index is 0.0935. The highest BCUT2D eigenvalue weighted by molar-refractivity contribution is 5.76. The molecule has 0 aromatic heterocycles. The Morgan fingerprint density at radius 2 is 0.956 bits per heavy atom. The number of hydrogen-bond acceptors (Lipinski definition) is 12. The molecule has 3 unspecified atom stereocenters. The Bertz CT molecular complexity index is 1040. The van der Waals surface area contributed by atoms with Gasteiger partial charge in [-0.05, 0) is 102 Å². The summed E-state index contributed by atoms with van der Waals surface area (Å²) in [6.07, 6.45) is 1.61. The van der Waals surface area contributed by atoms with Gasteiger partial charge < -0.3 is 29.9 Å². The second-order valence-corrected chi connectivity index (χ2v) is 16.9. The quantitative estimate of drug-likeness (QED) is 0.212. The molecule has 0 spiro atoms. The largest absolute Gasteiger partial charge is 0.464 e. The molecule has 3 fully saturated rings. The lowest BCUT2D eigenvalue weighted by atomic mass is 9.87. The maximum absolute atomic E-state index is 13.1. The molecule has 3 atom stereocenters. The molecule has 3 aliphatic heterocycles. The van der Waals surface area contributed by atoms with Crippen LogP contribution in [0.3, 0.4) is 0 Å². The molecule has 0 aliphatic carbocycles. The van der Waals surface area contributed by atoms with Crippen molar-refractivity contribution in [1.29, 1.82) is 0 Å². The predicted octanol–water partition coefficient (Wildman–Crippen LogP) is 3.62. The van der Waals surface area contributed by atoms with Crippen LogP contribution in [0.5, 0.6) is 0 Å². The molecule has 0 bridgehead atoms. The van der Waals surface area contributed by atoms with Crippen LogP contribution in [-0.4, -0.2) is 116 Å². The van der Waals surface area contributed by atoms with E-state index in [1.54, 1.807) is 0 Å². The van der Waals surface area contributed by atoms with Gasteiger partial charge in [-0.25, -0.2) is 0 Å².